The van der Waals surface area contributed by atoms with Gasteiger partial charge in [-0.15, -0.1) is 0 Å². The molecule has 0 N–H and O–H groups in total. The van der Waals surface area contributed by atoms with Crippen LogP contribution in [0.3, 0.4) is 0 Å². The lowest BCUT2D eigenvalue weighted by molar-refractivity contribution is -0.0763. The van der Waals surface area contributed by atoms with Gasteiger partial charge in [0, 0.05) is 12.0 Å². The van der Waals surface area contributed by atoms with E-state index < -0.39 is 5.85 Å². The number of carbonyl (C=O) groups is 1. The summed E-state index contributed by atoms with van der Waals surface area (Å²) < 4.78 is 13.2. The van der Waals surface area contributed by atoms with E-state index in [4.69, 9.17) is 14.6 Å². The Morgan fingerprint density at radius 1 is 0.795 bits per heavy atom. The summed E-state index contributed by atoms with van der Waals surface area (Å²) in [5.41, 5.74) is 4.66. The quantitative estimate of drug-likeness (QED) is 0.203. The van der Waals surface area contributed by atoms with E-state index in [2.05, 4.69) is 18.2 Å². The molecule has 0 bridgehead atoms. The Bertz CT molecular complexity index is 1910. The number of hydrazone groups is 1. The van der Waals surface area contributed by atoms with Crippen molar-refractivity contribution < 1.29 is 14.3 Å². The number of fused-ring (bicyclic) bond motifs is 4. The molecule has 3 heterocycles. The van der Waals surface area contributed by atoms with Crippen LogP contribution in [0.25, 0.3) is 6.08 Å². The van der Waals surface area contributed by atoms with Gasteiger partial charge in [0.05, 0.1) is 22.3 Å². The Hall–Kier alpha value is -5.27. The summed E-state index contributed by atoms with van der Waals surface area (Å²) in [6.45, 7) is 0. The molecule has 0 radical (unpaired) electrons. The van der Waals surface area contributed by atoms with E-state index in [1.165, 1.54) is 11.8 Å². The molecular formula is C37H27N3O3S. The number of rotatable bonds is 5. The molecule has 8 rings (SSSR count). The van der Waals surface area contributed by atoms with Crippen LogP contribution in [0, 0.1) is 0 Å². The van der Waals surface area contributed by atoms with Crippen molar-refractivity contribution in [1.82, 2.24) is 5.01 Å². The maximum Gasteiger partial charge on any atom is 0.321 e. The SMILES string of the molecule is O=C1S/C(=C\c2cccc(Oc3ccccc3)c2)C2(Oc3ccccc3C3CC(c4ccccc4)=NN32)N1c1ccccc1. The molecule has 0 saturated carbocycles. The van der Waals surface area contributed by atoms with Gasteiger partial charge in [0.15, 0.2) is 0 Å². The first-order chi connectivity index (χ1) is 21.7. The predicted octanol–water partition coefficient (Wildman–Crippen LogP) is 9.09. The highest BCUT2D eigenvalue weighted by Crippen LogP contribution is 2.57. The fourth-order valence-corrected chi connectivity index (χ4v) is 7.13. The second-order valence-corrected chi connectivity index (χ2v) is 11.8. The Kier molecular flexibility index (Phi) is 6.46. The van der Waals surface area contributed by atoms with E-state index in [1.54, 1.807) is 4.90 Å². The minimum absolute atomic E-state index is 0.135. The van der Waals surface area contributed by atoms with Crippen LogP contribution < -0.4 is 14.4 Å². The standard InChI is InChI=1S/C37H27N3O3S/c41-36-39(28-16-6-2-7-17-28)37(35(44-36)24-26-13-12-20-30(23-26)42-29-18-8-3-9-19-29)40-33(31-21-10-11-22-34(31)43-37)25-32(38-40)27-14-4-1-5-15-27/h1-24,33H,25H2/b35-24-. The minimum atomic E-state index is -1.34. The van der Waals surface area contributed by atoms with E-state index in [9.17, 15) is 4.79 Å². The smallest absolute Gasteiger partial charge is 0.321 e. The molecule has 214 valence electrons. The van der Waals surface area contributed by atoms with Crippen LogP contribution in [0.1, 0.15) is 29.2 Å². The van der Waals surface area contributed by atoms with Gasteiger partial charge in [-0.1, -0.05) is 97.1 Å². The zero-order chi connectivity index (χ0) is 29.5. The molecule has 5 aromatic rings. The van der Waals surface area contributed by atoms with Gasteiger partial charge in [0.2, 0.25) is 0 Å². The van der Waals surface area contributed by atoms with E-state index in [0.717, 1.165) is 44.5 Å². The molecular weight excluding hydrogens is 566 g/mol. The van der Waals surface area contributed by atoms with Crippen molar-refractivity contribution in [2.75, 3.05) is 4.90 Å². The molecule has 3 aliphatic rings. The Labute approximate surface area is 259 Å². The maximum atomic E-state index is 14.1. The van der Waals surface area contributed by atoms with Gasteiger partial charge in [0.25, 0.3) is 5.24 Å². The average molecular weight is 594 g/mol. The summed E-state index contributed by atoms with van der Waals surface area (Å²) >= 11 is 1.17. The second-order valence-electron chi connectivity index (χ2n) is 10.8. The molecule has 1 spiro atoms. The van der Waals surface area contributed by atoms with Gasteiger partial charge in [-0.25, -0.2) is 9.91 Å². The minimum Gasteiger partial charge on any atom is -0.457 e. The van der Waals surface area contributed by atoms with Crippen molar-refractivity contribution in [3.8, 4) is 17.2 Å². The summed E-state index contributed by atoms with van der Waals surface area (Å²) in [7, 11) is 0. The number of thioether (sulfide) groups is 1. The molecule has 1 fully saturated rings. The molecule has 2 unspecified atom stereocenters. The number of hydrogen-bond acceptors (Lipinski definition) is 6. The molecule has 6 nitrogen and oxygen atoms in total. The molecule has 0 aliphatic carbocycles. The van der Waals surface area contributed by atoms with Crippen LogP contribution >= 0.6 is 11.8 Å². The molecule has 1 amide bonds. The number of anilines is 1. The van der Waals surface area contributed by atoms with Gasteiger partial charge in [-0.3, -0.25) is 4.79 Å². The van der Waals surface area contributed by atoms with Crippen molar-refractivity contribution in [3.63, 3.8) is 0 Å². The summed E-state index contributed by atoms with van der Waals surface area (Å²) in [6, 6.07) is 45.4. The van der Waals surface area contributed by atoms with Crippen molar-refractivity contribution in [1.29, 1.82) is 0 Å². The molecule has 0 aromatic heterocycles. The van der Waals surface area contributed by atoms with Crippen LogP contribution in [0.4, 0.5) is 10.5 Å². The first-order valence-corrected chi connectivity index (χ1v) is 15.3. The predicted molar refractivity (Wildman–Crippen MR) is 175 cm³/mol. The Balaban J connectivity index is 1.31. The van der Waals surface area contributed by atoms with Crippen LogP contribution in [-0.2, 0) is 0 Å². The van der Waals surface area contributed by atoms with Gasteiger partial charge < -0.3 is 9.47 Å². The zero-order valence-corrected chi connectivity index (χ0v) is 24.4. The number of carbonyl (C=O) groups excluding carboxylic acids is 1. The van der Waals surface area contributed by atoms with Gasteiger partial charge >= 0.3 is 5.85 Å². The van der Waals surface area contributed by atoms with Crippen molar-refractivity contribution >= 4 is 34.5 Å². The maximum absolute atomic E-state index is 14.1. The molecule has 2 atom stereocenters. The highest BCUT2D eigenvalue weighted by Gasteiger charge is 2.63. The van der Waals surface area contributed by atoms with E-state index in [-0.39, 0.29) is 11.3 Å². The fourth-order valence-electron chi connectivity index (χ4n) is 6.06. The zero-order valence-electron chi connectivity index (χ0n) is 23.6. The second kappa shape index (κ2) is 10.8. The lowest BCUT2D eigenvalue weighted by Gasteiger charge is -2.49. The molecule has 7 heteroatoms. The van der Waals surface area contributed by atoms with Crippen molar-refractivity contribution in [2.24, 2.45) is 5.10 Å². The summed E-state index contributed by atoms with van der Waals surface area (Å²) in [4.78, 5) is 16.5. The lowest BCUT2D eigenvalue weighted by atomic mass is 9.95. The van der Waals surface area contributed by atoms with E-state index in [1.807, 2.05) is 132 Å². The van der Waals surface area contributed by atoms with Gasteiger partial charge in [-0.05, 0) is 71.4 Å². The summed E-state index contributed by atoms with van der Waals surface area (Å²) in [6.07, 6.45) is 2.70. The number of ether oxygens (including phenoxy) is 2. The van der Waals surface area contributed by atoms with E-state index in [0.29, 0.717) is 12.2 Å². The number of para-hydroxylation sites is 3. The van der Waals surface area contributed by atoms with Gasteiger partial charge in [0.1, 0.15) is 17.2 Å². The number of benzene rings is 5. The summed E-state index contributed by atoms with van der Waals surface area (Å²) in [5, 5.41) is 7.10. The number of nitrogens with zero attached hydrogens (tertiary/aromatic N) is 3. The monoisotopic (exact) mass is 593 g/mol. The van der Waals surface area contributed by atoms with E-state index >= 15 is 0 Å². The molecule has 5 aromatic carbocycles. The molecule has 44 heavy (non-hydrogen) atoms. The third kappa shape index (κ3) is 4.44. The van der Waals surface area contributed by atoms with Crippen LogP contribution in [-0.4, -0.2) is 21.8 Å². The Morgan fingerprint density at radius 2 is 1.48 bits per heavy atom. The third-order valence-electron chi connectivity index (χ3n) is 8.01. The fraction of sp³-hybridized carbons (Fsp3) is 0.0811. The number of amides is 1. The first kappa shape index (κ1) is 26.4. The Morgan fingerprint density at radius 3 is 2.27 bits per heavy atom. The van der Waals surface area contributed by atoms with Gasteiger partial charge in [-0.2, -0.15) is 5.10 Å². The highest BCUT2D eigenvalue weighted by atomic mass is 32.2. The third-order valence-corrected chi connectivity index (χ3v) is 8.97. The van der Waals surface area contributed by atoms with Crippen LogP contribution in [0.2, 0.25) is 0 Å². The van der Waals surface area contributed by atoms with Crippen molar-refractivity contribution in [2.45, 2.75) is 18.3 Å². The highest BCUT2D eigenvalue weighted by molar-refractivity contribution is 8.17. The average Bonchev–Trinajstić information content (AvgIpc) is 3.63. The van der Waals surface area contributed by atoms with Crippen LogP contribution in [0.15, 0.2) is 150 Å². The van der Waals surface area contributed by atoms with Crippen LogP contribution in [0.5, 0.6) is 17.2 Å². The molecule has 3 aliphatic heterocycles. The number of hydrogen-bond donors (Lipinski definition) is 0. The normalized spacial score (nSPS) is 21.2. The van der Waals surface area contributed by atoms with Crippen molar-refractivity contribution in [3.05, 3.63) is 161 Å². The summed E-state index contributed by atoms with van der Waals surface area (Å²) in [5.74, 6) is 0.854. The lowest BCUT2D eigenvalue weighted by Crippen LogP contribution is -2.63. The molecule has 1 saturated heterocycles. The largest absolute Gasteiger partial charge is 0.457 e. The first-order valence-electron chi connectivity index (χ1n) is 14.5. The topological polar surface area (TPSA) is 54.4 Å².